The molecule has 0 saturated carbocycles. The monoisotopic (exact) mass is 239 g/mol. The molecule has 1 rings (SSSR count). The third kappa shape index (κ3) is 3.30. The lowest BCUT2D eigenvalue weighted by Gasteiger charge is -2.21. The van der Waals surface area contributed by atoms with Crippen LogP contribution >= 0.6 is 0 Å². The number of nitrogens with zero attached hydrogens (tertiary/aromatic N) is 1. The molecule has 1 aromatic rings. The van der Waals surface area contributed by atoms with Crippen LogP contribution in [-0.2, 0) is 4.74 Å². The first kappa shape index (κ1) is 13.7. The number of H-pyrrole nitrogens is 1. The Morgan fingerprint density at radius 2 is 2.12 bits per heavy atom. The molecule has 5 nitrogen and oxygen atoms in total. The van der Waals surface area contributed by atoms with Crippen molar-refractivity contribution in [2.45, 2.75) is 33.7 Å². The van der Waals surface area contributed by atoms with E-state index in [1.807, 2.05) is 13.8 Å². The molecule has 1 unspecified atom stereocenters. The third-order valence-electron chi connectivity index (χ3n) is 2.82. The summed E-state index contributed by atoms with van der Waals surface area (Å²) in [5.41, 5.74) is 2.14. The second-order valence-electron chi connectivity index (χ2n) is 4.59. The van der Waals surface area contributed by atoms with Gasteiger partial charge in [0.05, 0.1) is 23.9 Å². The Bertz CT molecular complexity index is 366. The van der Waals surface area contributed by atoms with Crippen LogP contribution in [0.15, 0.2) is 0 Å². The van der Waals surface area contributed by atoms with Crippen molar-refractivity contribution in [2.24, 2.45) is 5.92 Å². The molecule has 0 aliphatic heterocycles. The van der Waals surface area contributed by atoms with Crippen molar-refractivity contribution in [3.05, 3.63) is 17.0 Å². The predicted molar refractivity (Wildman–Crippen MR) is 66.0 cm³/mol. The molecule has 1 atom stereocenters. The summed E-state index contributed by atoms with van der Waals surface area (Å²) in [5, 5.41) is 9.81. The second kappa shape index (κ2) is 5.82. The topological polar surface area (TPSA) is 67.0 Å². The first-order valence-electron chi connectivity index (χ1n) is 5.78. The van der Waals surface area contributed by atoms with Crippen molar-refractivity contribution in [1.29, 1.82) is 0 Å². The van der Waals surface area contributed by atoms with Crippen LogP contribution in [0.1, 0.15) is 35.6 Å². The highest BCUT2D eigenvalue weighted by atomic mass is 16.5. The van der Waals surface area contributed by atoms with Gasteiger partial charge in [0.2, 0.25) is 0 Å². The minimum Gasteiger partial charge on any atom is -0.383 e. The second-order valence-corrected chi connectivity index (χ2v) is 4.59. The smallest absolute Gasteiger partial charge is 0.255 e. The molecule has 0 bridgehead atoms. The van der Waals surface area contributed by atoms with Gasteiger partial charge in [0, 0.05) is 12.8 Å². The molecule has 0 aliphatic rings. The number of carbonyl (C=O) groups is 1. The van der Waals surface area contributed by atoms with Gasteiger partial charge in [-0.2, -0.15) is 5.10 Å². The Hall–Kier alpha value is -1.36. The molecule has 0 spiro atoms. The van der Waals surface area contributed by atoms with E-state index in [0.29, 0.717) is 18.1 Å². The van der Waals surface area contributed by atoms with Gasteiger partial charge in [-0.05, 0) is 19.8 Å². The molecule has 1 aromatic heterocycles. The van der Waals surface area contributed by atoms with Gasteiger partial charge in [-0.1, -0.05) is 13.8 Å². The molecule has 0 aromatic carbocycles. The lowest BCUT2D eigenvalue weighted by Crippen LogP contribution is -2.42. The minimum absolute atomic E-state index is 0.0150. The molecule has 5 heteroatoms. The molecule has 0 fully saturated rings. The van der Waals surface area contributed by atoms with Gasteiger partial charge in [-0.3, -0.25) is 9.89 Å². The van der Waals surface area contributed by atoms with Crippen LogP contribution in [0.25, 0.3) is 0 Å². The van der Waals surface area contributed by atoms with Gasteiger partial charge in [0.25, 0.3) is 5.91 Å². The van der Waals surface area contributed by atoms with Crippen molar-refractivity contribution in [3.63, 3.8) is 0 Å². The van der Waals surface area contributed by atoms with Crippen LogP contribution in [0.3, 0.4) is 0 Å². The fourth-order valence-electron chi connectivity index (χ4n) is 1.71. The predicted octanol–water partition coefficient (Wildman–Crippen LogP) is 1.43. The molecular weight excluding hydrogens is 218 g/mol. The molecule has 0 saturated heterocycles. The number of carbonyl (C=O) groups excluding carboxylic acids is 1. The molecule has 1 heterocycles. The van der Waals surface area contributed by atoms with Gasteiger partial charge in [-0.25, -0.2) is 0 Å². The highest BCUT2D eigenvalue weighted by Gasteiger charge is 2.20. The zero-order valence-corrected chi connectivity index (χ0v) is 11.1. The lowest BCUT2D eigenvalue weighted by atomic mass is 10.0. The Balaban J connectivity index is 2.77. The average Bonchev–Trinajstić information content (AvgIpc) is 2.57. The number of aryl methyl sites for hydroxylation is 2. The van der Waals surface area contributed by atoms with E-state index in [4.69, 9.17) is 4.74 Å². The Morgan fingerprint density at radius 1 is 1.47 bits per heavy atom. The summed E-state index contributed by atoms with van der Waals surface area (Å²) in [6, 6.07) is 0.0150. The van der Waals surface area contributed by atoms with Crippen molar-refractivity contribution >= 4 is 5.91 Å². The number of rotatable bonds is 5. The highest BCUT2D eigenvalue weighted by molar-refractivity contribution is 5.96. The van der Waals surface area contributed by atoms with E-state index in [2.05, 4.69) is 29.4 Å². The summed E-state index contributed by atoms with van der Waals surface area (Å²) in [7, 11) is 1.63. The fourth-order valence-corrected chi connectivity index (χ4v) is 1.71. The van der Waals surface area contributed by atoms with Gasteiger partial charge < -0.3 is 10.1 Å². The van der Waals surface area contributed by atoms with Crippen molar-refractivity contribution in [1.82, 2.24) is 15.5 Å². The Labute approximate surface area is 102 Å². The lowest BCUT2D eigenvalue weighted by molar-refractivity contribution is 0.0865. The maximum Gasteiger partial charge on any atom is 0.255 e. The van der Waals surface area contributed by atoms with Gasteiger partial charge >= 0.3 is 0 Å². The van der Waals surface area contributed by atoms with E-state index in [0.717, 1.165) is 11.4 Å². The number of nitrogens with one attached hydrogen (secondary N) is 2. The zero-order chi connectivity index (χ0) is 13.0. The van der Waals surface area contributed by atoms with E-state index < -0.39 is 0 Å². The molecular formula is C12H21N3O2. The first-order chi connectivity index (χ1) is 7.97. The maximum absolute atomic E-state index is 12.1. The van der Waals surface area contributed by atoms with E-state index in [1.54, 1.807) is 7.11 Å². The van der Waals surface area contributed by atoms with Crippen molar-refractivity contribution in [2.75, 3.05) is 13.7 Å². The quantitative estimate of drug-likeness (QED) is 0.816. The number of amides is 1. The van der Waals surface area contributed by atoms with Crippen LogP contribution in [0.4, 0.5) is 0 Å². The molecule has 1 amide bonds. The number of hydrogen-bond donors (Lipinski definition) is 2. The number of aromatic nitrogens is 2. The normalized spacial score (nSPS) is 12.8. The molecule has 96 valence electrons. The summed E-state index contributed by atoms with van der Waals surface area (Å²) in [4.78, 5) is 12.1. The fraction of sp³-hybridized carbons (Fsp3) is 0.667. The highest BCUT2D eigenvalue weighted by Crippen LogP contribution is 2.10. The summed E-state index contributed by atoms with van der Waals surface area (Å²) in [5.74, 6) is 0.232. The Kier molecular flexibility index (Phi) is 4.69. The Morgan fingerprint density at radius 3 is 2.53 bits per heavy atom. The summed E-state index contributed by atoms with van der Waals surface area (Å²) >= 11 is 0. The van der Waals surface area contributed by atoms with Crippen LogP contribution in [0.2, 0.25) is 0 Å². The average molecular weight is 239 g/mol. The van der Waals surface area contributed by atoms with Crippen LogP contribution in [-0.4, -0.2) is 35.9 Å². The summed E-state index contributed by atoms with van der Waals surface area (Å²) in [6.45, 7) is 8.28. The molecule has 0 radical (unpaired) electrons. The number of methoxy groups -OCH3 is 1. The van der Waals surface area contributed by atoms with E-state index in [1.165, 1.54) is 0 Å². The van der Waals surface area contributed by atoms with Crippen LogP contribution < -0.4 is 5.32 Å². The number of hydrogen-bond acceptors (Lipinski definition) is 3. The van der Waals surface area contributed by atoms with Crippen molar-refractivity contribution in [3.8, 4) is 0 Å². The SMILES string of the molecule is COCC(NC(=O)c1c(C)n[nH]c1C)C(C)C. The number of ether oxygens (including phenoxy) is 1. The maximum atomic E-state index is 12.1. The number of aromatic amines is 1. The van der Waals surface area contributed by atoms with Gasteiger partial charge in [-0.15, -0.1) is 0 Å². The zero-order valence-electron chi connectivity index (χ0n) is 11.1. The van der Waals surface area contributed by atoms with Crippen molar-refractivity contribution < 1.29 is 9.53 Å². The summed E-state index contributed by atoms with van der Waals surface area (Å²) in [6.07, 6.45) is 0. The molecule has 17 heavy (non-hydrogen) atoms. The van der Waals surface area contributed by atoms with E-state index in [9.17, 15) is 4.79 Å². The van der Waals surface area contributed by atoms with E-state index in [-0.39, 0.29) is 11.9 Å². The van der Waals surface area contributed by atoms with Crippen LogP contribution in [0.5, 0.6) is 0 Å². The van der Waals surface area contributed by atoms with Crippen LogP contribution in [0, 0.1) is 19.8 Å². The molecule has 2 N–H and O–H groups in total. The largest absolute Gasteiger partial charge is 0.383 e. The third-order valence-corrected chi connectivity index (χ3v) is 2.82. The van der Waals surface area contributed by atoms with Gasteiger partial charge in [0.15, 0.2) is 0 Å². The van der Waals surface area contributed by atoms with Gasteiger partial charge in [0.1, 0.15) is 0 Å². The van der Waals surface area contributed by atoms with E-state index >= 15 is 0 Å². The molecule has 0 aliphatic carbocycles. The minimum atomic E-state index is -0.0931. The first-order valence-corrected chi connectivity index (χ1v) is 5.78. The summed E-state index contributed by atoms with van der Waals surface area (Å²) < 4.78 is 5.11. The standard InChI is InChI=1S/C12H21N3O2/c1-7(2)10(6-17-5)13-12(16)11-8(3)14-15-9(11)4/h7,10H,6H2,1-5H3,(H,13,16)(H,14,15).